The van der Waals surface area contributed by atoms with Gasteiger partial charge in [-0.15, -0.1) is 0 Å². The van der Waals surface area contributed by atoms with Crippen molar-refractivity contribution in [3.63, 3.8) is 0 Å². The maximum Gasteiger partial charge on any atom is 0.416 e. The minimum Gasteiger partial charge on any atom is -0.490 e. The van der Waals surface area contributed by atoms with Crippen molar-refractivity contribution < 1.29 is 27.4 Å². The van der Waals surface area contributed by atoms with E-state index in [2.05, 4.69) is 5.32 Å². The van der Waals surface area contributed by atoms with Gasteiger partial charge in [0.2, 0.25) is 0 Å². The van der Waals surface area contributed by atoms with Gasteiger partial charge in [-0.05, 0) is 42.5 Å². The third kappa shape index (κ3) is 5.87. The van der Waals surface area contributed by atoms with Gasteiger partial charge in [0.05, 0.1) is 5.56 Å². The zero-order valence-electron chi connectivity index (χ0n) is 14.3. The van der Waals surface area contributed by atoms with Gasteiger partial charge in [-0.1, -0.05) is 6.07 Å². The first-order valence-electron chi connectivity index (χ1n) is 7.77. The third-order valence-corrected chi connectivity index (χ3v) is 3.29. The van der Waals surface area contributed by atoms with Gasteiger partial charge in [-0.25, -0.2) is 4.79 Å². The quantitative estimate of drug-likeness (QED) is 0.776. The normalized spacial score (nSPS) is 11.0. The minimum absolute atomic E-state index is 0.0976. The zero-order chi connectivity index (χ0) is 19.2. The molecule has 0 saturated carbocycles. The molecule has 0 saturated heterocycles. The first-order valence-corrected chi connectivity index (χ1v) is 7.77. The maximum atomic E-state index is 12.6. The van der Waals surface area contributed by atoms with Crippen LogP contribution in [0.1, 0.15) is 5.56 Å². The van der Waals surface area contributed by atoms with Gasteiger partial charge in [-0.2, -0.15) is 13.2 Å². The summed E-state index contributed by atoms with van der Waals surface area (Å²) in [5.74, 6) is 0.686. The van der Waals surface area contributed by atoms with E-state index in [1.54, 1.807) is 38.4 Å². The molecule has 2 aromatic carbocycles. The number of alkyl halides is 3. The molecule has 1 N–H and O–H groups in total. The number of halogens is 3. The van der Waals surface area contributed by atoms with Gasteiger partial charge < -0.3 is 19.7 Å². The van der Waals surface area contributed by atoms with Crippen LogP contribution in [-0.2, 0) is 6.18 Å². The second-order valence-electron chi connectivity index (χ2n) is 5.57. The van der Waals surface area contributed by atoms with Crippen LogP contribution >= 0.6 is 0 Å². The monoisotopic (exact) mass is 368 g/mol. The molecule has 0 atom stereocenters. The number of rotatable bonds is 6. The molecule has 140 valence electrons. The molecule has 5 nitrogen and oxygen atoms in total. The van der Waals surface area contributed by atoms with Crippen LogP contribution in [0.4, 0.5) is 23.7 Å². The summed E-state index contributed by atoms with van der Waals surface area (Å²) < 4.78 is 48.6. The zero-order valence-corrected chi connectivity index (χ0v) is 14.3. The van der Waals surface area contributed by atoms with Crippen LogP contribution in [0.3, 0.4) is 0 Å². The van der Waals surface area contributed by atoms with Crippen LogP contribution in [0.15, 0.2) is 48.5 Å². The number of carbonyl (C=O) groups is 1. The smallest absolute Gasteiger partial charge is 0.416 e. The number of nitrogens with one attached hydrogen (secondary N) is 1. The molecular weight excluding hydrogens is 349 g/mol. The number of carbonyl (C=O) groups excluding carboxylic acids is 1. The third-order valence-electron chi connectivity index (χ3n) is 3.29. The van der Waals surface area contributed by atoms with Crippen molar-refractivity contribution in [3.8, 4) is 11.5 Å². The summed E-state index contributed by atoms with van der Waals surface area (Å²) in [6.07, 6.45) is -4.40. The van der Waals surface area contributed by atoms with Crippen molar-refractivity contribution in [2.45, 2.75) is 6.18 Å². The Kier molecular flexibility index (Phi) is 6.32. The Bertz CT molecular complexity index is 731. The van der Waals surface area contributed by atoms with Crippen LogP contribution in [0.5, 0.6) is 11.5 Å². The Hall–Kier alpha value is -2.90. The van der Waals surface area contributed by atoms with E-state index in [-0.39, 0.29) is 25.0 Å². The van der Waals surface area contributed by atoms with Crippen molar-refractivity contribution in [1.29, 1.82) is 0 Å². The number of ether oxygens (including phenoxy) is 2. The van der Waals surface area contributed by atoms with E-state index in [0.717, 1.165) is 12.1 Å². The van der Waals surface area contributed by atoms with Gasteiger partial charge in [0.25, 0.3) is 0 Å². The number of urea groups is 1. The van der Waals surface area contributed by atoms with Crippen molar-refractivity contribution in [2.24, 2.45) is 0 Å². The lowest BCUT2D eigenvalue weighted by Crippen LogP contribution is -2.27. The second kappa shape index (κ2) is 8.46. The number of anilines is 1. The van der Waals surface area contributed by atoms with Crippen LogP contribution < -0.4 is 14.8 Å². The largest absolute Gasteiger partial charge is 0.490 e. The van der Waals surface area contributed by atoms with Crippen molar-refractivity contribution in [2.75, 3.05) is 32.6 Å². The van der Waals surface area contributed by atoms with Crippen molar-refractivity contribution >= 4 is 11.7 Å². The van der Waals surface area contributed by atoms with E-state index in [9.17, 15) is 18.0 Å². The summed E-state index contributed by atoms with van der Waals surface area (Å²) in [5, 5.41) is 2.69. The SMILES string of the molecule is CN(C)C(=O)Nc1ccc(OCCOc2cccc(C(F)(F)F)c2)cc1. The summed E-state index contributed by atoms with van der Waals surface area (Å²) in [6, 6.07) is 11.2. The lowest BCUT2D eigenvalue weighted by atomic mass is 10.2. The van der Waals surface area contributed by atoms with Crippen molar-refractivity contribution in [3.05, 3.63) is 54.1 Å². The molecule has 0 bridgehead atoms. The van der Waals surface area contributed by atoms with Crippen LogP contribution in [0.2, 0.25) is 0 Å². The molecule has 0 aliphatic carbocycles. The van der Waals surface area contributed by atoms with E-state index in [4.69, 9.17) is 9.47 Å². The fraction of sp³-hybridized carbons (Fsp3) is 0.278. The Labute approximate surface area is 149 Å². The lowest BCUT2D eigenvalue weighted by molar-refractivity contribution is -0.137. The number of amides is 2. The molecule has 0 aromatic heterocycles. The molecule has 0 radical (unpaired) electrons. The fourth-order valence-electron chi connectivity index (χ4n) is 1.95. The molecule has 0 unspecified atom stereocenters. The van der Waals surface area contributed by atoms with Gasteiger partial charge in [0, 0.05) is 19.8 Å². The van der Waals surface area contributed by atoms with E-state index >= 15 is 0 Å². The molecule has 0 aliphatic heterocycles. The summed E-state index contributed by atoms with van der Waals surface area (Å²) in [6.45, 7) is 0.264. The second-order valence-corrected chi connectivity index (χ2v) is 5.57. The average molecular weight is 368 g/mol. The Morgan fingerprint density at radius 2 is 1.62 bits per heavy atom. The van der Waals surface area contributed by atoms with Crippen molar-refractivity contribution in [1.82, 2.24) is 4.90 Å². The standard InChI is InChI=1S/C18H19F3N2O3/c1-23(2)17(24)22-14-6-8-15(9-7-14)25-10-11-26-16-5-3-4-13(12-16)18(19,20)21/h3-9,12H,10-11H2,1-2H3,(H,22,24). The summed E-state index contributed by atoms with van der Waals surface area (Å²) >= 11 is 0. The highest BCUT2D eigenvalue weighted by molar-refractivity contribution is 5.88. The highest BCUT2D eigenvalue weighted by Crippen LogP contribution is 2.31. The summed E-state index contributed by atoms with van der Waals surface area (Å²) in [4.78, 5) is 12.9. The van der Waals surface area contributed by atoms with E-state index in [0.29, 0.717) is 11.4 Å². The number of nitrogens with zero attached hydrogens (tertiary/aromatic N) is 1. The number of hydrogen-bond donors (Lipinski definition) is 1. The van der Waals surface area contributed by atoms with E-state index < -0.39 is 11.7 Å². The van der Waals surface area contributed by atoms with E-state index in [1.807, 2.05) is 0 Å². The molecule has 8 heteroatoms. The summed E-state index contributed by atoms with van der Waals surface area (Å²) in [7, 11) is 3.27. The van der Waals surface area contributed by atoms with E-state index in [1.165, 1.54) is 17.0 Å². The number of hydrogen-bond acceptors (Lipinski definition) is 3. The Morgan fingerprint density at radius 3 is 2.19 bits per heavy atom. The van der Waals surface area contributed by atoms with Gasteiger partial charge >= 0.3 is 12.2 Å². The molecular formula is C18H19F3N2O3. The van der Waals surface area contributed by atoms with Gasteiger partial charge in [0.1, 0.15) is 24.7 Å². The molecule has 2 aromatic rings. The Morgan fingerprint density at radius 1 is 1.00 bits per heavy atom. The lowest BCUT2D eigenvalue weighted by Gasteiger charge is -2.13. The van der Waals surface area contributed by atoms with Gasteiger partial charge in [0.15, 0.2) is 0 Å². The highest BCUT2D eigenvalue weighted by atomic mass is 19.4. The fourth-order valence-corrected chi connectivity index (χ4v) is 1.95. The maximum absolute atomic E-state index is 12.6. The molecule has 0 heterocycles. The molecule has 0 spiro atoms. The molecule has 2 rings (SSSR count). The molecule has 2 amide bonds. The van der Waals surface area contributed by atoms with Gasteiger partial charge in [-0.3, -0.25) is 0 Å². The average Bonchev–Trinajstić information content (AvgIpc) is 2.59. The number of benzene rings is 2. The first-order chi connectivity index (χ1) is 12.3. The van der Waals surface area contributed by atoms with Crippen LogP contribution in [0.25, 0.3) is 0 Å². The Balaban J connectivity index is 1.79. The first kappa shape index (κ1) is 19.4. The van der Waals surface area contributed by atoms with Crippen LogP contribution in [0, 0.1) is 0 Å². The topological polar surface area (TPSA) is 50.8 Å². The molecule has 26 heavy (non-hydrogen) atoms. The van der Waals surface area contributed by atoms with Crippen LogP contribution in [-0.4, -0.2) is 38.2 Å². The minimum atomic E-state index is -4.40. The predicted molar refractivity (Wildman–Crippen MR) is 91.6 cm³/mol. The molecule has 0 aliphatic rings. The highest BCUT2D eigenvalue weighted by Gasteiger charge is 2.30. The molecule has 0 fully saturated rings. The summed E-state index contributed by atoms with van der Waals surface area (Å²) in [5.41, 5.74) is -0.137. The predicted octanol–water partition coefficient (Wildman–Crippen LogP) is 4.26.